The maximum Gasteiger partial charge on any atom is 0.350 e. The Balaban J connectivity index is 1.89. The summed E-state index contributed by atoms with van der Waals surface area (Å²) in [6.45, 7) is 7.94. The lowest BCUT2D eigenvalue weighted by atomic mass is 9.93. The summed E-state index contributed by atoms with van der Waals surface area (Å²) in [5.41, 5.74) is 3.07. The Kier molecular flexibility index (Phi) is 7.45. The minimum atomic E-state index is -0.938. The van der Waals surface area contributed by atoms with Crippen LogP contribution in [0.4, 0.5) is 5.13 Å². The topological polar surface area (TPSA) is 106 Å². The zero-order valence-corrected chi connectivity index (χ0v) is 22.1. The van der Waals surface area contributed by atoms with E-state index in [-0.39, 0.29) is 21.3 Å². The number of aryl methyl sites for hydroxylation is 3. The largest absolute Gasteiger partial charge is 0.507 e. The molecule has 9 heteroatoms. The van der Waals surface area contributed by atoms with Gasteiger partial charge in [-0.15, -0.1) is 0 Å². The molecule has 2 heterocycles. The maximum atomic E-state index is 13.4. The monoisotopic (exact) mass is 520 g/mol. The van der Waals surface area contributed by atoms with Gasteiger partial charge >= 0.3 is 11.9 Å². The fourth-order valence-corrected chi connectivity index (χ4v) is 5.23. The van der Waals surface area contributed by atoms with Gasteiger partial charge in [0.05, 0.1) is 31.0 Å². The van der Waals surface area contributed by atoms with E-state index >= 15 is 0 Å². The summed E-state index contributed by atoms with van der Waals surface area (Å²) in [4.78, 5) is 44.9. The molecule has 192 valence electrons. The fraction of sp³-hybridized carbons (Fsp3) is 0.286. The number of rotatable bonds is 7. The highest BCUT2D eigenvalue weighted by molar-refractivity contribution is 7.17. The molecule has 1 unspecified atom stereocenters. The van der Waals surface area contributed by atoms with Crippen molar-refractivity contribution in [3.05, 3.63) is 80.9 Å². The van der Waals surface area contributed by atoms with Crippen LogP contribution in [-0.4, -0.2) is 41.5 Å². The van der Waals surface area contributed by atoms with E-state index in [0.29, 0.717) is 34.7 Å². The van der Waals surface area contributed by atoms with Crippen molar-refractivity contribution in [3.63, 3.8) is 0 Å². The molecule has 1 aliphatic rings. The third-order valence-electron chi connectivity index (χ3n) is 6.13. The van der Waals surface area contributed by atoms with Gasteiger partial charge in [-0.3, -0.25) is 14.5 Å². The number of esters is 1. The number of aromatic nitrogens is 1. The number of anilines is 1. The number of Topliss-reactive ketones (excluding diaryl/α,β-unsaturated/α-hetero) is 1. The van der Waals surface area contributed by atoms with Crippen LogP contribution in [0, 0.1) is 20.8 Å². The lowest BCUT2D eigenvalue weighted by Gasteiger charge is -2.23. The van der Waals surface area contributed by atoms with E-state index < -0.39 is 23.7 Å². The minimum absolute atomic E-state index is 0.0494. The maximum absolute atomic E-state index is 13.4. The summed E-state index contributed by atoms with van der Waals surface area (Å²) in [7, 11) is 1.26. The summed E-state index contributed by atoms with van der Waals surface area (Å²) >= 11 is 0.966. The van der Waals surface area contributed by atoms with Crippen LogP contribution in [0.15, 0.2) is 48.0 Å². The number of hydrogen-bond acceptors (Lipinski definition) is 8. The molecule has 4 rings (SSSR count). The molecule has 0 bridgehead atoms. The molecule has 0 spiro atoms. The van der Waals surface area contributed by atoms with E-state index in [1.165, 1.54) is 12.0 Å². The number of ketones is 1. The van der Waals surface area contributed by atoms with Crippen molar-refractivity contribution >= 4 is 39.9 Å². The van der Waals surface area contributed by atoms with Crippen molar-refractivity contribution in [1.82, 2.24) is 4.98 Å². The first-order valence-corrected chi connectivity index (χ1v) is 12.7. The Morgan fingerprint density at radius 1 is 1.11 bits per heavy atom. The molecule has 1 saturated heterocycles. The van der Waals surface area contributed by atoms with Crippen molar-refractivity contribution in [2.75, 3.05) is 18.6 Å². The molecule has 1 aliphatic heterocycles. The lowest BCUT2D eigenvalue weighted by Crippen LogP contribution is -2.29. The number of aliphatic hydroxyl groups is 1. The summed E-state index contributed by atoms with van der Waals surface area (Å²) in [6.07, 6.45) is 0.856. The normalized spacial score (nSPS) is 16.8. The number of nitrogens with zero attached hydrogens (tertiary/aromatic N) is 2. The fourth-order valence-electron chi connectivity index (χ4n) is 4.22. The van der Waals surface area contributed by atoms with Gasteiger partial charge in [-0.25, -0.2) is 9.78 Å². The summed E-state index contributed by atoms with van der Waals surface area (Å²) in [5.74, 6) is -1.88. The van der Waals surface area contributed by atoms with Crippen molar-refractivity contribution in [1.29, 1.82) is 0 Å². The standard InChI is InChI=1S/C28H28N2O6S/c1-6-13-36-19-11-12-20(16(3)14-19)23(31)21-22(18-9-7-15(2)8-10-18)30(26(33)24(21)32)28-29-17(4)25(37-28)27(34)35-5/h7-12,14,22,31H,6,13H2,1-5H3. The molecule has 3 aromatic rings. The van der Waals surface area contributed by atoms with Crippen LogP contribution >= 0.6 is 11.3 Å². The molecule has 2 aromatic carbocycles. The van der Waals surface area contributed by atoms with Crippen LogP contribution in [-0.2, 0) is 14.3 Å². The highest BCUT2D eigenvalue weighted by atomic mass is 32.1. The number of methoxy groups -OCH3 is 1. The van der Waals surface area contributed by atoms with E-state index in [0.717, 1.165) is 23.3 Å². The number of carbonyl (C=O) groups excluding carboxylic acids is 3. The molecule has 1 aromatic heterocycles. The van der Waals surface area contributed by atoms with Crippen LogP contribution in [0.3, 0.4) is 0 Å². The van der Waals surface area contributed by atoms with Crippen LogP contribution < -0.4 is 9.64 Å². The predicted molar refractivity (Wildman–Crippen MR) is 141 cm³/mol. The zero-order chi connectivity index (χ0) is 26.9. The predicted octanol–water partition coefficient (Wildman–Crippen LogP) is 5.27. The molecule has 1 fully saturated rings. The van der Waals surface area contributed by atoms with Gasteiger partial charge < -0.3 is 14.6 Å². The molecule has 0 aliphatic carbocycles. The van der Waals surface area contributed by atoms with Crippen LogP contribution in [0.2, 0.25) is 0 Å². The van der Waals surface area contributed by atoms with Gasteiger partial charge in [-0.05, 0) is 56.5 Å². The van der Waals surface area contributed by atoms with Gasteiger partial charge in [0.1, 0.15) is 16.4 Å². The molecule has 0 radical (unpaired) electrons. The highest BCUT2D eigenvalue weighted by Gasteiger charge is 2.48. The molecule has 1 atom stereocenters. The second kappa shape index (κ2) is 10.6. The van der Waals surface area contributed by atoms with E-state index in [9.17, 15) is 19.5 Å². The van der Waals surface area contributed by atoms with E-state index in [2.05, 4.69) is 4.98 Å². The van der Waals surface area contributed by atoms with E-state index in [4.69, 9.17) is 9.47 Å². The first-order valence-electron chi connectivity index (χ1n) is 11.8. The Morgan fingerprint density at radius 3 is 2.43 bits per heavy atom. The molecule has 1 N–H and O–H groups in total. The van der Waals surface area contributed by atoms with Gasteiger partial charge in [0, 0.05) is 5.56 Å². The Bertz CT molecular complexity index is 1410. The first-order chi connectivity index (χ1) is 17.7. The Labute approximate surface area is 219 Å². The molecular weight excluding hydrogens is 492 g/mol. The Morgan fingerprint density at radius 2 is 1.81 bits per heavy atom. The second-order valence-electron chi connectivity index (χ2n) is 8.81. The lowest BCUT2D eigenvalue weighted by molar-refractivity contribution is -0.132. The van der Waals surface area contributed by atoms with E-state index in [1.807, 2.05) is 38.1 Å². The quantitative estimate of drug-likeness (QED) is 0.196. The van der Waals surface area contributed by atoms with Gasteiger partial charge in [0.25, 0.3) is 5.78 Å². The number of aliphatic hydroxyl groups excluding tert-OH is 1. The summed E-state index contributed by atoms with van der Waals surface area (Å²) < 4.78 is 10.5. The van der Waals surface area contributed by atoms with Crippen molar-refractivity contribution in [2.24, 2.45) is 0 Å². The SMILES string of the molecule is CCCOc1ccc(C(O)=C2C(=O)C(=O)N(c3nc(C)c(C(=O)OC)s3)C2c2ccc(C)cc2)c(C)c1. The van der Waals surface area contributed by atoms with Crippen LogP contribution in [0.1, 0.15) is 57.0 Å². The molecule has 0 saturated carbocycles. The van der Waals surface area contributed by atoms with Gasteiger partial charge in [0.2, 0.25) is 0 Å². The molecule has 8 nitrogen and oxygen atoms in total. The van der Waals surface area contributed by atoms with Crippen molar-refractivity contribution in [3.8, 4) is 5.75 Å². The number of thiazole rings is 1. The van der Waals surface area contributed by atoms with Crippen molar-refractivity contribution < 1.29 is 29.0 Å². The first kappa shape index (κ1) is 26.1. The summed E-state index contributed by atoms with van der Waals surface area (Å²) in [5, 5.41) is 11.6. The van der Waals surface area contributed by atoms with Crippen molar-refractivity contribution in [2.45, 2.75) is 40.2 Å². The third kappa shape index (κ3) is 4.86. The Hall–Kier alpha value is -3.98. The number of ether oxygens (including phenoxy) is 2. The van der Waals surface area contributed by atoms with Gasteiger partial charge in [0.15, 0.2) is 5.13 Å². The smallest absolute Gasteiger partial charge is 0.350 e. The molecular formula is C28H28N2O6S. The van der Waals surface area contributed by atoms with Crippen LogP contribution in [0.5, 0.6) is 5.75 Å². The highest BCUT2D eigenvalue weighted by Crippen LogP contribution is 2.44. The number of carbonyl (C=O) groups is 3. The number of benzene rings is 2. The summed E-state index contributed by atoms with van der Waals surface area (Å²) in [6, 6.07) is 11.6. The van der Waals surface area contributed by atoms with Crippen LogP contribution in [0.25, 0.3) is 5.76 Å². The minimum Gasteiger partial charge on any atom is -0.507 e. The van der Waals surface area contributed by atoms with E-state index in [1.54, 1.807) is 32.0 Å². The number of hydrogen-bond donors (Lipinski definition) is 1. The number of amides is 1. The average Bonchev–Trinajstić information content (AvgIpc) is 3.39. The molecule has 37 heavy (non-hydrogen) atoms. The second-order valence-corrected chi connectivity index (χ2v) is 9.79. The van der Waals surface area contributed by atoms with Gasteiger partial charge in [-0.2, -0.15) is 0 Å². The third-order valence-corrected chi connectivity index (χ3v) is 7.26. The average molecular weight is 521 g/mol. The zero-order valence-electron chi connectivity index (χ0n) is 21.3. The van der Waals surface area contributed by atoms with Gasteiger partial charge in [-0.1, -0.05) is 48.1 Å². The molecule has 1 amide bonds.